The molecule has 5 nitrogen and oxygen atoms in total. The van der Waals surface area contributed by atoms with E-state index < -0.39 is 11.7 Å². The molecule has 0 amide bonds. The van der Waals surface area contributed by atoms with Gasteiger partial charge in [0.1, 0.15) is 5.69 Å². The normalized spacial score (nSPS) is 12.4. The molecule has 4 aromatic rings. The first-order valence-corrected chi connectivity index (χ1v) is 9.55. The van der Waals surface area contributed by atoms with Crippen LogP contribution in [0, 0.1) is 0 Å². The van der Waals surface area contributed by atoms with Crippen LogP contribution >= 0.6 is 0 Å². The van der Waals surface area contributed by atoms with Crippen LogP contribution in [0.1, 0.15) is 24.1 Å². The average molecular weight is 421 g/mol. The maximum atomic E-state index is 13.2. The fourth-order valence-corrected chi connectivity index (χ4v) is 3.16. The van der Waals surface area contributed by atoms with E-state index in [1.165, 1.54) is 18.5 Å². The van der Waals surface area contributed by atoms with Crippen molar-refractivity contribution in [3.8, 4) is 22.6 Å². The first-order chi connectivity index (χ1) is 14.9. The van der Waals surface area contributed by atoms with Crippen molar-refractivity contribution < 1.29 is 13.2 Å². The minimum absolute atomic E-state index is 0.0405. The van der Waals surface area contributed by atoms with Crippen LogP contribution in [0.5, 0.6) is 0 Å². The van der Waals surface area contributed by atoms with Gasteiger partial charge in [-0.05, 0) is 30.7 Å². The van der Waals surface area contributed by atoms with Crippen molar-refractivity contribution in [3.63, 3.8) is 0 Å². The Morgan fingerprint density at radius 2 is 1.55 bits per heavy atom. The SMILES string of the molecule is C[C@H](Nc1nccc(-c2nccnc2-c2cccc(C(F)(F)F)c2)n1)c1ccccc1. The lowest BCUT2D eigenvalue weighted by atomic mass is 10.0. The van der Waals surface area contributed by atoms with Crippen molar-refractivity contribution in [2.45, 2.75) is 19.1 Å². The van der Waals surface area contributed by atoms with E-state index in [-0.39, 0.29) is 6.04 Å². The number of anilines is 1. The number of hydrogen-bond donors (Lipinski definition) is 1. The molecular weight excluding hydrogens is 403 g/mol. The van der Waals surface area contributed by atoms with Crippen molar-refractivity contribution in [2.24, 2.45) is 0 Å². The minimum atomic E-state index is -4.45. The summed E-state index contributed by atoms with van der Waals surface area (Å²) in [6.07, 6.45) is 0.0517. The highest BCUT2D eigenvalue weighted by molar-refractivity contribution is 5.76. The summed E-state index contributed by atoms with van der Waals surface area (Å²) >= 11 is 0. The Bertz CT molecular complexity index is 1180. The molecule has 2 heterocycles. The molecule has 0 aliphatic heterocycles. The molecule has 0 unspecified atom stereocenters. The Morgan fingerprint density at radius 3 is 2.29 bits per heavy atom. The first kappa shape index (κ1) is 20.5. The van der Waals surface area contributed by atoms with Crippen LogP contribution in [0.2, 0.25) is 0 Å². The fraction of sp³-hybridized carbons (Fsp3) is 0.130. The number of aromatic nitrogens is 4. The summed E-state index contributed by atoms with van der Waals surface area (Å²) < 4.78 is 39.5. The zero-order chi connectivity index (χ0) is 21.8. The number of halogens is 3. The standard InChI is InChI=1S/C23H18F3N5/c1-15(16-6-3-2-4-7-16)30-22-29-11-10-19(31-22)21-20(27-12-13-28-21)17-8-5-9-18(14-17)23(24,25)26/h2-15H,1H3,(H,29,30,31)/t15-/m0/s1. The predicted octanol–water partition coefficient (Wildman–Crippen LogP) is 5.79. The largest absolute Gasteiger partial charge is 0.416 e. The van der Waals surface area contributed by atoms with Crippen molar-refractivity contribution >= 4 is 5.95 Å². The zero-order valence-corrected chi connectivity index (χ0v) is 16.5. The van der Waals surface area contributed by atoms with Gasteiger partial charge >= 0.3 is 6.18 Å². The van der Waals surface area contributed by atoms with Crippen molar-refractivity contribution in [2.75, 3.05) is 5.32 Å². The molecule has 2 aromatic carbocycles. The molecule has 156 valence electrons. The van der Waals surface area contributed by atoms with Gasteiger partial charge in [0.25, 0.3) is 0 Å². The highest BCUT2D eigenvalue weighted by Gasteiger charge is 2.30. The van der Waals surface area contributed by atoms with Crippen LogP contribution < -0.4 is 5.32 Å². The number of alkyl halides is 3. The van der Waals surface area contributed by atoms with Crippen LogP contribution in [0.3, 0.4) is 0 Å². The van der Waals surface area contributed by atoms with Gasteiger partial charge in [-0.1, -0.05) is 42.5 Å². The molecule has 0 spiro atoms. The van der Waals surface area contributed by atoms with E-state index in [0.29, 0.717) is 28.6 Å². The van der Waals surface area contributed by atoms with E-state index in [4.69, 9.17) is 0 Å². The summed E-state index contributed by atoms with van der Waals surface area (Å²) in [6.45, 7) is 1.99. The Kier molecular flexibility index (Phi) is 5.62. The highest BCUT2D eigenvalue weighted by atomic mass is 19.4. The van der Waals surface area contributed by atoms with Crippen LogP contribution in [0.15, 0.2) is 79.3 Å². The Balaban J connectivity index is 1.68. The lowest BCUT2D eigenvalue weighted by molar-refractivity contribution is -0.137. The molecule has 0 fully saturated rings. The third-order valence-corrected chi connectivity index (χ3v) is 4.70. The van der Waals surface area contributed by atoms with Gasteiger partial charge in [-0.25, -0.2) is 9.97 Å². The van der Waals surface area contributed by atoms with Crippen molar-refractivity contribution in [3.05, 3.63) is 90.4 Å². The summed E-state index contributed by atoms with van der Waals surface area (Å²) in [5.74, 6) is 0.384. The molecule has 0 saturated heterocycles. The first-order valence-electron chi connectivity index (χ1n) is 9.55. The number of nitrogens with one attached hydrogen (secondary N) is 1. The quantitative estimate of drug-likeness (QED) is 0.442. The summed E-state index contributed by atoms with van der Waals surface area (Å²) in [4.78, 5) is 17.4. The summed E-state index contributed by atoms with van der Waals surface area (Å²) in [5, 5.41) is 3.24. The fourth-order valence-electron chi connectivity index (χ4n) is 3.16. The van der Waals surface area contributed by atoms with Gasteiger partial charge in [-0.2, -0.15) is 13.2 Å². The topological polar surface area (TPSA) is 63.6 Å². The van der Waals surface area contributed by atoms with Crippen LogP contribution in [-0.4, -0.2) is 19.9 Å². The minimum Gasteiger partial charge on any atom is -0.348 e. The Morgan fingerprint density at radius 1 is 0.806 bits per heavy atom. The molecule has 1 atom stereocenters. The number of rotatable bonds is 5. The highest BCUT2D eigenvalue weighted by Crippen LogP contribution is 2.34. The van der Waals surface area contributed by atoms with Crippen LogP contribution in [-0.2, 0) is 6.18 Å². The second kappa shape index (κ2) is 8.51. The molecular formula is C23H18F3N5. The van der Waals surface area contributed by atoms with Crippen LogP contribution in [0.4, 0.5) is 19.1 Å². The second-order valence-electron chi connectivity index (χ2n) is 6.87. The van der Waals surface area contributed by atoms with Gasteiger partial charge in [0.05, 0.1) is 23.0 Å². The van der Waals surface area contributed by atoms with Gasteiger partial charge in [0.2, 0.25) is 5.95 Å². The number of nitrogens with zero attached hydrogens (tertiary/aromatic N) is 4. The second-order valence-corrected chi connectivity index (χ2v) is 6.87. The molecule has 1 N–H and O–H groups in total. The smallest absolute Gasteiger partial charge is 0.348 e. The van der Waals surface area contributed by atoms with E-state index >= 15 is 0 Å². The Labute approximate surface area is 177 Å². The van der Waals surface area contributed by atoms with Gasteiger partial charge in [0.15, 0.2) is 0 Å². The Hall–Kier alpha value is -3.81. The monoisotopic (exact) mass is 421 g/mol. The third-order valence-electron chi connectivity index (χ3n) is 4.70. The molecule has 0 saturated carbocycles. The lowest BCUT2D eigenvalue weighted by Crippen LogP contribution is -2.09. The molecule has 31 heavy (non-hydrogen) atoms. The maximum Gasteiger partial charge on any atom is 0.416 e. The average Bonchev–Trinajstić information content (AvgIpc) is 2.79. The molecule has 4 rings (SSSR count). The summed E-state index contributed by atoms with van der Waals surface area (Å²) in [5.41, 5.74) is 1.78. The van der Waals surface area contributed by atoms with Crippen LogP contribution in [0.25, 0.3) is 22.6 Å². The molecule has 0 bridgehead atoms. The third kappa shape index (κ3) is 4.69. The summed E-state index contributed by atoms with van der Waals surface area (Å²) in [6, 6.07) is 16.5. The lowest BCUT2D eigenvalue weighted by Gasteiger charge is -2.15. The van der Waals surface area contributed by atoms with E-state index in [2.05, 4.69) is 25.3 Å². The molecule has 2 aromatic heterocycles. The molecule has 0 radical (unpaired) electrons. The van der Waals surface area contributed by atoms with Gasteiger partial charge < -0.3 is 5.32 Å². The number of benzene rings is 2. The molecule has 0 aliphatic rings. The van der Waals surface area contributed by atoms with E-state index in [0.717, 1.165) is 17.7 Å². The summed E-state index contributed by atoms with van der Waals surface area (Å²) in [7, 11) is 0. The van der Waals surface area contributed by atoms with Gasteiger partial charge in [-0.3, -0.25) is 9.97 Å². The molecule has 0 aliphatic carbocycles. The van der Waals surface area contributed by atoms with Crippen molar-refractivity contribution in [1.82, 2.24) is 19.9 Å². The van der Waals surface area contributed by atoms with Gasteiger partial charge in [-0.15, -0.1) is 0 Å². The maximum absolute atomic E-state index is 13.2. The van der Waals surface area contributed by atoms with E-state index in [1.807, 2.05) is 37.3 Å². The van der Waals surface area contributed by atoms with Gasteiger partial charge in [0, 0.05) is 24.2 Å². The van der Waals surface area contributed by atoms with E-state index in [9.17, 15) is 13.2 Å². The van der Waals surface area contributed by atoms with Crippen molar-refractivity contribution in [1.29, 1.82) is 0 Å². The zero-order valence-electron chi connectivity index (χ0n) is 16.5. The molecule has 8 heteroatoms. The number of hydrogen-bond acceptors (Lipinski definition) is 5. The van der Waals surface area contributed by atoms with E-state index in [1.54, 1.807) is 18.3 Å². The predicted molar refractivity (Wildman–Crippen MR) is 112 cm³/mol.